The summed E-state index contributed by atoms with van der Waals surface area (Å²) in [5, 5.41) is 4.20. The molecule has 106 valence electrons. The van der Waals surface area contributed by atoms with Gasteiger partial charge in [-0.3, -0.25) is 4.79 Å². The summed E-state index contributed by atoms with van der Waals surface area (Å²) in [6, 6.07) is 5.67. The van der Waals surface area contributed by atoms with Crippen LogP contribution in [0.25, 0.3) is 0 Å². The van der Waals surface area contributed by atoms with Gasteiger partial charge in [0.15, 0.2) is 0 Å². The van der Waals surface area contributed by atoms with Crippen LogP contribution in [0, 0.1) is 0 Å². The maximum Gasteiger partial charge on any atom is 0.256 e. The fourth-order valence-electron chi connectivity index (χ4n) is 2.35. The summed E-state index contributed by atoms with van der Waals surface area (Å²) in [6.45, 7) is 5.46. The van der Waals surface area contributed by atoms with Crippen LogP contribution in [0.5, 0.6) is 0 Å². The second-order valence-electron chi connectivity index (χ2n) is 4.78. The molecule has 0 saturated carbocycles. The maximum atomic E-state index is 12.5. The average molecular weight is 324 g/mol. The molecule has 2 rings (SSSR count). The van der Waals surface area contributed by atoms with E-state index in [0.717, 1.165) is 0 Å². The van der Waals surface area contributed by atoms with Crippen molar-refractivity contribution in [2.75, 3.05) is 13.1 Å². The number of carbonyl (C=O) groups is 1. The Morgan fingerprint density at radius 3 is 2.16 bits per heavy atom. The molecule has 6 heteroatoms. The lowest BCUT2D eigenvalue weighted by molar-refractivity contribution is 0.0674. The van der Waals surface area contributed by atoms with Gasteiger partial charge in [-0.15, -0.1) is 12.4 Å². The standard InChI is InChI=1S/C13H16Cl2N2O.ClH/c1-8-6-17(7-9(2)16-8)13(18)12-10(14)4-3-5-11(12)15;/h3-5,8-9,16H,6-7H2,1-2H3;1H. The van der Waals surface area contributed by atoms with Gasteiger partial charge >= 0.3 is 0 Å². The SMILES string of the molecule is CC1CN(C(=O)c2c(Cl)cccc2Cl)CC(C)N1.Cl. The van der Waals surface area contributed by atoms with E-state index in [2.05, 4.69) is 19.2 Å². The van der Waals surface area contributed by atoms with Crippen LogP contribution in [0.2, 0.25) is 10.0 Å². The molecule has 1 aliphatic rings. The Morgan fingerprint density at radius 1 is 1.21 bits per heavy atom. The molecule has 0 aliphatic carbocycles. The van der Waals surface area contributed by atoms with Gasteiger partial charge in [-0.05, 0) is 26.0 Å². The number of carbonyl (C=O) groups excluding carboxylic acids is 1. The highest BCUT2D eigenvalue weighted by Gasteiger charge is 2.27. The Labute approximate surface area is 129 Å². The average Bonchev–Trinajstić information content (AvgIpc) is 2.27. The van der Waals surface area contributed by atoms with Crippen molar-refractivity contribution in [1.29, 1.82) is 0 Å². The second kappa shape index (κ2) is 6.80. The lowest BCUT2D eigenvalue weighted by atomic mass is 10.1. The number of benzene rings is 1. The van der Waals surface area contributed by atoms with Gasteiger partial charge in [-0.1, -0.05) is 29.3 Å². The molecule has 0 aromatic heterocycles. The van der Waals surface area contributed by atoms with E-state index in [9.17, 15) is 4.79 Å². The van der Waals surface area contributed by atoms with E-state index in [0.29, 0.717) is 28.7 Å². The molecule has 1 heterocycles. The molecule has 1 fully saturated rings. The molecule has 1 aromatic carbocycles. The number of nitrogens with one attached hydrogen (secondary N) is 1. The van der Waals surface area contributed by atoms with E-state index in [4.69, 9.17) is 23.2 Å². The molecule has 1 saturated heterocycles. The number of amides is 1. The van der Waals surface area contributed by atoms with Crippen LogP contribution in [0.3, 0.4) is 0 Å². The second-order valence-corrected chi connectivity index (χ2v) is 5.59. The third kappa shape index (κ3) is 3.76. The molecule has 1 aliphatic heterocycles. The van der Waals surface area contributed by atoms with Crippen LogP contribution in [-0.2, 0) is 0 Å². The Morgan fingerprint density at radius 2 is 1.68 bits per heavy atom. The van der Waals surface area contributed by atoms with Gasteiger partial charge in [-0.2, -0.15) is 0 Å². The summed E-state index contributed by atoms with van der Waals surface area (Å²) in [5.74, 6) is -0.0919. The predicted octanol–water partition coefficient (Wildman–Crippen LogP) is 3.24. The summed E-state index contributed by atoms with van der Waals surface area (Å²) in [6.07, 6.45) is 0. The quantitative estimate of drug-likeness (QED) is 0.860. The number of halogens is 3. The molecule has 2 atom stereocenters. The summed E-state index contributed by atoms with van der Waals surface area (Å²) in [7, 11) is 0. The van der Waals surface area contributed by atoms with Crippen molar-refractivity contribution in [3.8, 4) is 0 Å². The molecule has 1 N–H and O–H groups in total. The number of rotatable bonds is 1. The van der Waals surface area contributed by atoms with Crippen molar-refractivity contribution in [1.82, 2.24) is 10.2 Å². The number of hydrogen-bond acceptors (Lipinski definition) is 2. The van der Waals surface area contributed by atoms with Crippen LogP contribution in [-0.4, -0.2) is 36.0 Å². The molecule has 0 radical (unpaired) electrons. The normalized spacial score (nSPS) is 22.8. The van der Waals surface area contributed by atoms with Gasteiger partial charge in [0, 0.05) is 25.2 Å². The topological polar surface area (TPSA) is 32.3 Å². The fourth-order valence-corrected chi connectivity index (χ4v) is 2.91. The minimum atomic E-state index is -0.0919. The van der Waals surface area contributed by atoms with Gasteiger partial charge in [0.1, 0.15) is 0 Å². The fraction of sp³-hybridized carbons (Fsp3) is 0.462. The first kappa shape index (κ1) is 16.6. The van der Waals surface area contributed by atoms with E-state index >= 15 is 0 Å². The Hall–Kier alpha value is -0.480. The third-order valence-electron chi connectivity index (χ3n) is 3.02. The minimum Gasteiger partial charge on any atom is -0.335 e. The van der Waals surface area contributed by atoms with Crippen LogP contribution in [0.15, 0.2) is 18.2 Å². The Kier molecular flexibility index (Phi) is 5.93. The molecule has 3 nitrogen and oxygen atoms in total. The van der Waals surface area contributed by atoms with Crippen LogP contribution in [0.4, 0.5) is 0 Å². The van der Waals surface area contributed by atoms with Gasteiger partial charge < -0.3 is 10.2 Å². The molecule has 19 heavy (non-hydrogen) atoms. The summed E-state index contributed by atoms with van der Waals surface area (Å²) in [4.78, 5) is 14.3. The first-order chi connectivity index (χ1) is 8.49. The Bertz CT molecular complexity index is 437. The van der Waals surface area contributed by atoms with E-state index in [1.54, 1.807) is 23.1 Å². The zero-order chi connectivity index (χ0) is 13.3. The summed E-state index contributed by atoms with van der Waals surface area (Å²) in [5.41, 5.74) is 0.405. The van der Waals surface area contributed by atoms with Gasteiger partial charge in [0.2, 0.25) is 0 Å². The van der Waals surface area contributed by atoms with Crippen LogP contribution in [0.1, 0.15) is 24.2 Å². The molecular weight excluding hydrogens is 307 g/mol. The van der Waals surface area contributed by atoms with Gasteiger partial charge in [0.05, 0.1) is 15.6 Å². The molecule has 0 spiro atoms. The lowest BCUT2D eigenvalue weighted by Crippen LogP contribution is -2.55. The van der Waals surface area contributed by atoms with Crippen molar-refractivity contribution in [3.05, 3.63) is 33.8 Å². The number of hydrogen-bond donors (Lipinski definition) is 1. The number of nitrogens with zero attached hydrogens (tertiary/aromatic N) is 1. The van der Waals surface area contributed by atoms with Crippen LogP contribution >= 0.6 is 35.6 Å². The van der Waals surface area contributed by atoms with Crippen molar-refractivity contribution in [3.63, 3.8) is 0 Å². The molecule has 1 aromatic rings. The Balaban J connectivity index is 0.00000180. The highest BCUT2D eigenvalue weighted by atomic mass is 35.5. The highest BCUT2D eigenvalue weighted by molar-refractivity contribution is 6.39. The van der Waals surface area contributed by atoms with Crippen molar-refractivity contribution >= 4 is 41.5 Å². The lowest BCUT2D eigenvalue weighted by Gasteiger charge is -2.36. The predicted molar refractivity (Wildman–Crippen MR) is 81.7 cm³/mol. The molecule has 0 bridgehead atoms. The first-order valence-corrected chi connectivity index (χ1v) is 6.74. The zero-order valence-corrected chi connectivity index (χ0v) is 13.1. The van der Waals surface area contributed by atoms with Crippen molar-refractivity contribution in [2.24, 2.45) is 0 Å². The zero-order valence-electron chi connectivity index (χ0n) is 10.8. The van der Waals surface area contributed by atoms with E-state index in [1.807, 2.05) is 0 Å². The van der Waals surface area contributed by atoms with Crippen molar-refractivity contribution in [2.45, 2.75) is 25.9 Å². The molecule has 1 amide bonds. The highest BCUT2D eigenvalue weighted by Crippen LogP contribution is 2.26. The van der Waals surface area contributed by atoms with Crippen LogP contribution < -0.4 is 5.32 Å². The largest absolute Gasteiger partial charge is 0.335 e. The monoisotopic (exact) mass is 322 g/mol. The van der Waals surface area contributed by atoms with Gasteiger partial charge in [-0.25, -0.2) is 0 Å². The van der Waals surface area contributed by atoms with E-state index in [1.165, 1.54) is 0 Å². The van der Waals surface area contributed by atoms with Gasteiger partial charge in [0.25, 0.3) is 5.91 Å². The number of piperazine rings is 1. The van der Waals surface area contributed by atoms with Crippen molar-refractivity contribution < 1.29 is 4.79 Å². The summed E-state index contributed by atoms with van der Waals surface area (Å²) >= 11 is 12.1. The van der Waals surface area contributed by atoms with E-state index in [-0.39, 0.29) is 30.4 Å². The van der Waals surface area contributed by atoms with E-state index < -0.39 is 0 Å². The molecule has 2 unspecified atom stereocenters. The first-order valence-electron chi connectivity index (χ1n) is 5.98. The molecular formula is C13H17Cl3N2O. The smallest absolute Gasteiger partial charge is 0.256 e. The summed E-state index contributed by atoms with van der Waals surface area (Å²) < 4.78 is 0. The minimum absolute atomic E-state index is 0. The maximum absolute atomic E-state index is 12.5. The third-order valence-corrected chi connectivity index (χ3v) is 3.65.